The highest BCUT2D eigenvalue weighted by atomic mass is 79.9. The molecular weight excluding hydrogens is 320 g/mol. The van der Waals surface area contributed by atoms with Gasteiger partial charge in [0.25, 0.3) is 0 Å². The van der Waals surface area contributed by atoms with Crippen molar-refractivity contribution in [3.05, 3.63) is 58.1 Å². The molecule has 0 saturated heterocycles. The van der Waals surface area contributed by atoms with E-state index >= 15 is 0 Å². The molecular formula is C15H15BrN2O2. The number of benzene rings is 2. The van der Waals surface area contributed by atoms with Gasteiger partial charge in [-0.05, 0) is 35.9 Å². The maximum Gasteiger partial charge on any atom is 0.161 e. The van der Waals surface area contributed by atoms with Crippen LogP contribution in [0.1, 0.15) is 11.1 Å². The van der Waals surface area contributed by atoms with Crippen molar-refractivity contribution < 1.29 is 9.47 Å². The molecule has 4 nitrogen and oxygen atoms in total. The quantitative estimate of drug-likeness (QED) is 0.651. The molecule has 3 N–H and O–H groups in total. The number of nitrogens with one attached hydrogen (secondary N) is 1. The Hall–Kier alpha value is -2.01. The van der Waals surface area contributed by atoms with Crippen LogP contribution >= 0.6 is 15.9 Å². The minimum Gasteiger partial charge on any atom is -0.493 e. The van der Waals surface area contributed by atoms with E-state index in [2.05, 4.69) is 15.9 Å². The summed E-state index contributed by atoms with van der Waals surface area (Å²) in [6.45, 7) is 0.440. The normalized spacial score (nSPS) is 10.1. The van der Waals surface area contributed by atoms with E-state index in [0.29, 0.717) is 23.7 Å². The predicted molar refractivity (Wildman–Crippen MR) is 82.5 cm³/mol. The zero-order valence-corrected chi connectivity index (χ0v) is 12.6. The average Bonchev–Trinajstić information content (AvgIpc) is 2.45. The van der Waals surface area contributed by atoms with Gasteiger partial charge in [-0.3, -0.25) is 5.41 Å². The van der Waals surface area contributed by atoms with Gasteiger partial charge >= 0.3 is 0 Å². The fourth-order valence-electron chi connectivity index (χ4n) is 1.74. The summed E-state index contributed by atoms with van der Waals surface area (Å²) in [6, 6.07) is 13.1. The van der Waals surface area contributed by atoms with Crippen LogP contribution in [-0.2, 0) is 6.61 Å². The van der Waals surface area contributed by atoms with Crippen LogP contribution in [0, 0.1) is 5.41 Å². The molecule has 0 saturated carbocycles. The first kappa shape index (κ1) is 14.4. The molecule has 5 heteroatoms. The monoisotopic (exact) mass is 334 g/mol. The molecule has 104 valence electrons. The summed E-state index contributed by atoms with van der Waals surface area (Å²) in [5.41, 5.74) is 7.11. The van der Waals surface area contributed by atoms with Crippen molar-refractivity contribution in [3.63, 3.8) is 0 Å². The fourth-order valence-corrected chi connectivity index (χ4v) is 2.19. The summed E-state index contributed by atoms with van der Waals surface area (Å²) in [6.07, 6.45) is 0. The van der Waals surface area contributed by atoms with Gasteiger partial charge < -0.3 is 15.2 Å². The van der Waals surface area contributed by atoms with E-state index in [1.807, 2.05) is 24.3 Å². The molecule has 2 aromatic carbocycles. The Labute approximate surface area is 126 Å². The molecule has 2 aromatic rings. The summed E-state index contributed by atoms with van der Waals surface area (Å²) < 4.78 is 12.0. The molecule has 0 fully saturated rings. The SMILES string of the molecule is COc1cc(C(=N)N)ccc1OCc1cccc(Br)c1. The van der Waals surface area contributed by atoms with Gasteiger partial charge in [-0.2, -0.15) is 0 Å². The molecule has 0 radical (unpaired) electrons. The lowest BCUT2D eigenvalue weighted by Crippen LogP contribution is -2.11. The summed E-state index contributed by atoms with van der Waals surface area (Å²) in [5.74, 6) is 1.19. The van der Waals surface area contributed by atoms with Crippen LogP contribution in [0.15, 0.2) is 46.9 Å². The second-order valence-corrected chi connectivity index (χ2v) is 5.11. The number of methoxy groups -OCH3 is 1. The summed E-state index contributed by atoms with van der Waals surface area (Å²) in [4.78, 5) is 0. The zero-order chi connectivity index (χ0) is 14.5. The number of nitrogen functional groups attached to an aromatic ring is 1. The van der Waals surface area contributed by atoms with Crippen LogP contribution in [-0.4, -0.2) is 12.9 Å². The second kappa shape index (κ2) is 6.43. The third-order valence-corrected chi connectivity index (χ3v) is 3.25. The van der Waals surface area contributed by atoms with Crippen molar-refractivity contribution in [2.75, 3.05) is 7.11 Å². The van der Waals surface area contributed by atoms with Gasteiger partial charge in [0.15, 0.2) is 11.5 Å². The Bertz CT molecular complexity index is 629. The van der Waals surface area contributed by atoms with Gasteiger partial charge in [0.1, 0.15) is 12.4 Å². The fraction of sp³-hybridized carbons (Fsp3) is 0.133. The van der Waals surface area contributed by atoms with E-state index in [1.165, 1.54) is 0 Å². The van der Waals surface area contributed by atoms with Crippen LogP contribution in [0.5, 0.6) is 11.5 Å². The van der Waals surface area contributed by atoms with Crippen LogP contribution in [0.3, 0.4) is 0 Å². The van der Waals surface area contributed by atoms with Crippen molar-refractivity contribution in [2.24, 2.45) is 5.73 Å². The van der Waals surface area contributed by atoms with Crippen LogP contribution in [0.2, 0.25) is 0 Å². The van der Waals surface area contributed by atoms with Crippen molar-refractivity contribution in [1.82, 2.24) is 0 Å². The van der Waals surface area contributed by atoms with Crippen molar-refractivity contribution in [3.8, 4) is 11.5 Å². The van der Waals surface area contributed by atoms with Crippen LogP contribution in [0.4, 0.5) is 0 Å². The van der Waals surface area contributed by atoms with Crippen LogP contribution < -0.4 is 15.2 Å². The number of hydrogen-bond donors (Lipinski definition) is 2. The molecule has 0 aliphatic heterocycles. The highest BCUT2D eigenvalue weighted by molar-refractivity contribution is 9.10. The molecule has 0 unspecified atom stereocenters. The number of hydrogen-bond acceptors (Lipinski definition) is 3. The van der Waals surface area contributed by atoms with Crippen molar-refractivity contribution >= 4 is 21.8 Å². The first-order valence-corrected chi connectivity index (χ1v) is 6.79. The minimum absolute atomic E-state index is 0.00170. The first-order valence-electron chi connectivity index (χ1n) is 6.00. The van der Waals surface area contributed by atoms with E-state index in [9.17, 15) is 0 Å². The summed E-state index contributed by atoms with van der Waals surface area (Å²) >= 11 is 3.42. The van der Waals surface area contributed by atoms with Gasteiger partial charge in [0, 0.05) is 10.0 Å². The van der Waals surface area contributed by atoms with E-state index < -0.39 is 0 Å². The standard InChI is InChI=1S/C15H15BrN2O2/c1-19-14-8-11(15(17)18)5-6-13(14)20-9-10-3-2-4-12(16)7-10/h2-8H,9H2,1H3,(H3,17,18). The van der Waals surface area contributed by atoms with Gasteiger partial charge in [0.2, 0.25) is 0 Å². The number of nitrogens with two attached hydrogens (primary N) is 1. The maximum absolute atomic E-state index is 7.41. The number of amidine groups is 1. The lowest BCUT2D eigenvalue weighted by molar-refractivity contribution is 0.284. The predicted octanol–water partition coefficient (Wildman–Crippen LogP) is 3.32. The smallest absolute Gasteiger partial charge is 0.161 e. The first-order chi connectivity index (χ1) is 9.60. The minimum atomic E-state index is 0.00170. The van der Waals surface area contributed by atoms with E-state index in [-0.39, 0.29) is 5.84 Å². The molecule has 0 aliphatic rings. The molecule has 0 bridgehead atoms. The van der Waals surface area contributed by atoms with Crippen molar-refractivity contribution in [2.45, 2.75) is 6.61 Å². The van der Waals surface area contributed by atoms with E-state index in [1.54, 1.807) is 25.3 Å². The Balaban J connectivity index is 2.15. The second-order valence-electron chi connectivity index (χ2n) is 4.20. The average molecular weight is 335 g/mol. The lowest BCUT2D eigenvalue weighted by Gasteiger charge is -2.12. The number of ether oxygens (including phenoxy) is 2. The number of halogens is 1. The summed E-state index contributed by atoms with van der Waals surface area (Å²) in [7, 11) is 1.56. The van der Waals surface area contributed by atoms with E-state index in [0.717, 1.165) is 10.0 Å². The third kappa shape index (κ3) is 3.51. The van der Waals surface area contributed by atoms with E-state index in [4.69, 9.17) is 20.6 Å². The zero-order valence-electron chi connectivity index (χ0n) is 11.0. The highest BCUT2D eigenvalue weighted by Crippen LogP contribution is 2.28. The molecule has 0 heterocycles. The largest absolute Gasteiger partial charge is 0.493 e. The van der Waals surface area contributed by atoms with Gasteiger partial charge in [-0.15, -0.1) is 0 Å². The van der Waals surface area contributed by atoms with Crippen molar-refractivity contribution in [1.29, 1.82) is 5.41 Å². The Morgan fingerprint density at radius 3 is 2.65 bits per heavy atom. The van der Waals surface area contributed by atoms with Gasteiger partial charge in [-0.25, -0.2) is 0 Å². The molecule has 0 amide bonds. The summed E-state index contributed by atoms with van der Waals surface area (Å²) in [5, 5.41) is 7.41. The Morgan fingerprint density at radius 1 is 1.20 bits per heavy atom. The highest BCUT2D eigenvalue weighted by Gasteiger charge is 2.07. The molecule has 0 atom stereocenters. The third-order valence-electron chi connectivity index (χ3n) is 2.76. The molecule has 20 heavy (non-hydrogen) atoms. The topological polar surface area (TPSA) is 68.3 Å². The van der Waals surface area contributed by atoms with Gasteiger partial charge in [0.05, 0.1) is 7.11 Å². The Kier molecular flexibility index (Phi) is 4.63. The van der Waals surface area contributed by atoms with Crippen LogP contribution in [0.25, 0.3) is 0 Å². The molecule has 2 rings (SSSR count). The Morgan fingerprint density at radius 2 is 2.00 bits per heavy atom. The number of rotatable bonds is 5. The van der Waals surface area contributed by atoms with Gasteiger partial charge in [-0.1, -0.05) is 28.1 Å². The maximum atomic E-state index is 7.41. The molecule has 0 spiro atoms. The molecule has 0 aliphatic carbocycles. The lowest BCUT2D eigenvalue weighted by atomic mass is 10.2. The molecule has 0 aromatic heterocycles.